The van der Waals surface area contributed by atoms with Crippen molar-refractivity contribution < 1.29 is 66.7 Å². The molecule has 0 radical (unpaired) electrons. The van der Waals surface area contributed by atoms with E-state index < -0.39 is 35.8 Å². The van der Waals surface area contributed by atoms with Gasteiger partial charge in [-0.1, -0.05) is 77.4 Å². The highest BCUT2D eigenvalue weighted by Gasteiger charge is 2.19. The summed E-state index contributed by atoms with van der Waals surface area (Å²) >= 11 is 0. The Labute approximate surface area is 431 Å². The molecule has 0 N–H and O–H groups in total. The van der Waals surface area contributed by atoms with Crippen LogP contribution in [0.15, 0.2) is 141 Å². The monoisotopic (exact) mass is 1010 g/mol. The average molecular weight is 1010 g/mol. The molecule has 5 aromatic rings. The number of nitrogens with zero attached hydrogens (tertiary/aromatic N) is 1. The Morgan fingerprint density at radius 3 is 1.04 bits per heavy atom. The Kier molecular flexibility index (Phi) is 24.2. The van der Waals surface area contributed by atoms with Gasteiger partial charge in [0.2, 0.25) is 0 Å². The predicted molar refractivity (Wildman–Crippen MR) is 275 cm³/mol. The van der Waals surface area contributed by atoms with Gasteiger partial charge in [0.25, 0.3) is 0 Å². The highest BCUT2D eigenvalue weighted by Crippen LogP contribution is 2.31. The summed E-state index contributed by atoms with van der Waals surface area (Å²) in [5, 5.41) is 9.53. The van der Waals surface area contributed by atoms with Crippen molar-refractivity contribution in [2.24, 2.45) is 0 Å². The van der Waals surface area contributed by atoms with E-state index in [-0.39, 0.29) is 39.7 Å². The first-order chi connectivity index (χ1) is 36.0. The lowest BCUT2D eigenvalue weighted by Crippen LogP contribution is -2.13. The maximum atomic E-state index is 13.3. The predicted octanol–water partition coefficient (Wildman–Crippen LogP) is 12.1. The van der Waals surface area contributed by atoms with Crippen LogP contribution in [0.2, 0.25) is 0 Å². The summed E-state index contributed by atoms with van der Waals surface area (Å²) in [6, 6.07) is 30.5. The van der Waals surface area contributed by atoms with E-state index in [1.807, 2.05) is 6.07 Å². The summed E-state index contributed by atoms with van der Waals surface area (Å²) in [5.74, 6) is -2.36. The van der Waals surface area contributed by atoms with Crippen LogP contribution in [0.1, 0.15) is 137 Å². The van der Waals surface area contributed by atoms with E-state index >= 15 is 0 Å². The number of unbranched alkanes of at least 4 members (excludes halogenated alkanes) is 12. The van der Waals surface area contributed by atoms with Gasteiger partial charge in [0, 0.05) is 18.2 Å². The molecule has 0 spiro atoms. The van der Waals surface area contributed by atoms with Crippen molar-refractivity contribution in [3.63, 3.8) is 0 Å². The zero-order valence-corrected chi connectivity index (χ0v) is 41.4. The van der Waals surface area contributed by atoms with E-state index in [2.05, 4.69) is 13.2 Å². The fourth-order valence-corrected chi connectivity index (χ4v) is 7.10. The summed E-state index contributed by atoms with van der Waals surface area (Å²) in [6.45, 7) is 8.69. The molecule has 5 aromatic carbocycles. The van der Waals surface area contributed by atoms with E-state index in [9.17, 15) is 34.0 Å². The second-order valence-electron chi connectivity index (χ2n) is 16.8. The van der Waals surface area contributed by atoms with Crippen molar-refractivity contribution >= 4 is 35.8 Å². The summed E-state index contributed by atoms with van der Waals surface area (Å²) in [6.07, 6.45) is 16.4. The molecule has 0 atom stereocenters. The summed E-state index contributed by atoms with van der Waals surface area (Å²) in [5.41, 5.74) is 0.922. The molecule has 5 rings (SSSR count). The number of hydrogen-bond donors (Lipinski definition) is 0. The molecule has 15 heteroatoms. The molecule has 0 bridgehead atoms. The normalized spacial score (nSPS) is 10.5. The molecule has 15 nitrogen and oxygen atoms in total. The van der Waals surface area contributed by atoms with Crippen LogP contribution in [0.25, 0.3) is 0 Å². The molecule has 0 amide bonds. The van der Waals surface area contributed by atoms with Gasteiger partial charge in [0.15, 0.2) is 11.5 Å². The number of benzene rings is 5. The van der Waals surface area contributed by atoms with Gasteiger partial charge in [-0.3, -0.25) is 0 Å². The fraction of sp³-hybridized carbons (Fsp3) is 0.305. The molecule has 74 heavy (non-hydrogen) atoms. The second kappa shape index (κ2) is 31.7. The number of esters is 6. The summed E-state index contributed by atoms with van der Waals surface area (Å²) in [7, 11) is 0. The minimum Gasteiger partial charge on any atom is -0.494 e. The molecule has 0 heterocycles. The van der Waals surface area contributed by atoms with Crippen LogP contribution in [0.5, 0.6) is 34.5 Å². The maximum absolute atomic E-state index is 13.3. The fourth-order valence-electron chi connectivity index (χ4n) is 7.10. The lowest BCUT2D eigenvalue weighted by atomic mass is 10.1. The average Bonchev–Trinajstić information content (AvgIpc) is 3.42. The lowest BCUT2D eigenvalue weighted by Gasteiger charge is -2.12. The van der Waals surface area contributed by atoms with Gasteiger partial charge in [-0.15, -0.1) is 0 Å². The van der Waals surface area contributed by atoms with Crippen molar-refractivity contribution in [2.75, 3.05) is 26.4 Å². The van der Waals surface area contributed by atoms with Crippen LogP contribution in [0.4, 0.5) is 0 Å². The third kappa shape index (κ3) is 20.3. The SMILES string of the molecule is C=CC(=O)OCCCCCCCCCOc1ccc(C(=O)Oc2ccc(C(=O)Oc3ccc(C#N)cc3OC(=O)c3ccc(OC(=O)c4ccc(OCCCCCCCCCOC(=O)C=C)cc4)cc3)cc2)cc1. The van der Waals surface area contributed by atoms with Gasteiger partial charge >= 0.3 is 35.8 Å². The van der Waals surface area contributed by atoms with Crippen LogP contribution >= 0.6 is 0 Å². The largest absolute Gasteiger partial charge is 0.494 e. The molecule has 0 aliphatic rings. The van der Waals surface area contributed by atoms with E-state index in [4.69, 9.17) is 37.9 Å². The molecular weight excluding hydrogens is 947 g/mol. The van der Waals surface area contributed by atoms with Crippen molar-refractivity contribution in [1.29, 1.82) is 5.26 Å². The number of carbonyl (C=O) groups is 6. The van der Waals surface area contributed by atoms with Crippen molar-refractivity contribution in [1.82, 2.24) is 0 Å². The second-order valence-corrected chi connectivity index (χ2v) is 16.8. The maximum Gasteiger partial charge on any atom is 0.343 e. The Bertz CT molecular complexity index is 2670. The first kappa shape index (κ1) is 56.4. The number of rotatable bonds is 32. The minimum atomic E-state index is -0.836. The van der Waals surface area contributed by atoms with E-state index in [0.29, 0.717) is 49.1 Å². The Balaban J connectivity index is 1.01. The smallest absolute Gasteiger partial charge is 0.343 e. The molecule has 0 fully saturated rings. The van der Waals surface area contributed by atoms with Gasteiger partial charge in [-0.25, -0.2) is 28.8 Å². The standard InChI is InChI=1S/C59H61NO14/c1-3-54(61)69-39-17-13-9-5-7-11-15-37-67-48-28-20-44(21-29-48)56(63)71-50-32-24-46(25-33-50)58(65)73-52-36-19-43(42-60)41-53(52)74-59(66)47-26-34-51(35-27-47)72-57(64)45-22-30-49(31-23-45)68-38-16-12-8-6-10-14-18-40-70-55(62)4-2/h3-4,19-36,41H,1-2,5-18,37-40H2. The highest BCUT2D eigenvalue weighted by molar-refractivity contribution is 5.95. The van der Waals surface area contributed by atoms with Crippen LogP contribution in [-0.4, -0.2) is 62.2 Å². The Morgan fingerprint density at radius 2 is 0.689 bits per heavy atom. The molecule has 386 valence electrons. The van der Waals surface area contributed by atoms with Gasteiger partial charge in [0.1, 0.15) is 23.0 Å². The Morgan fingerprint density at radius 1 is 0.378 bits per heavy atom. The van der Waals surface area contributed by atoms with E-state index in [0.717, 1.165) is 89.9 Å². The first-order valence-electron chi connectivity index (χ1n) is 24.7. The van der Waals surface area contributed by atoms with E-state index in [1.165, 1.54) is 78.9 Å². The lowest BCUT2D eigenvalue weighted by molar-refractivity contribution is -0.138. The topological polar surface area (TPSA) is 200 Å². The third-order valence-corrected chi connectivity index (χ3v) is 11.2. The van der Waals surface area contributed by atoms with Crippen LogP contribution < -0.4 is 28.4 Å². The molecule has 0 aliphatic carbocycles. The first-order valence-corrected chi connectivity index (χ1v) is 24.7. The number of hydrogen-bond acceptors (Lipinski definition) is 15. The van der Waals surface area contributed by atoms with Gasteiger partial charge < -0.3 is 37.9 Å². The van der Waals surface area contributed by atoms with E-state index in [1.54, 1.807) is 48.5 Å². The molecule has 0 aliphatic heterocycles. The zero-order chi connectivity index (χ0) is 52.8. The molecule has 0 saturated heterocycles. The minimum absolute atomic E-state index is 0.0813. The molecule has 0 unspecified atom stereocenters. The molecule has 0 aromatic heterocycles. The van der Waals surface area contributed by atoms with Crippen molar-refractivity contribution in [3.8, 4) is 40.6 Å². The zero-order valence-electron chi connectivity index (χ0n) is 41.4. The number of nitriles is 1. The van der Waals surface area contributed by atoms with Crippen molar-refractivity contribution in [2.45, 2.75) is 89.9 Å². The quantitative estimate of drug-likeness (QED) is 0.0170. The van der Waals surface area contributed by atoms with Gasteiger partial charge in [0.05, 0.1) is 60.3 Å². The van der Waals surface area contributed by atoms with Crippen LogP contribution in [0, 0.1) is 11.3 Å². The van der Waals surface area contributed by atoms with Crippen LogP contribution in [-0.2, 0) is 19.1 Å². The van der Waals surface area contributed by atoms with Crippen LogP contribution in [0.3, 0.4) is 0 Å². The van der Waals surface area contributed by atoms with Gasteiger partial charge in [-0.05, 0) is 135 Å². The van der Waals surface area contributed by atoms with Gasteiger partial charge in [-0.2, -0.15) is 5.26 Å². The number of ether oxygens (including phenoxy) is 8. The third-order valence-electron chi connectivity index (χ3n) is 11.2. The molecular formula is C59H61NO14. The van der Waals surface area contributed by atoms with Crippen molar-refractivity contribution in [3.05, 3.63) is 168 Å². The summed E-state index contributed by atoms with van der Waals surface area (Å²) in [4.78, 5) is 74.4. The summed E-state index contributed by atoms with van der Waals surface area (Å²) < 4.78 is 43.8. The molecule has 0 saturated carbocycles. The number of carbonyl (C=O) groups excluding carboxylic acids is 6. The highest BCUT2D eigenvalue weighted by atomic mass is 16.6. The Hall–Kier alpha value is -8.51.